The second-order valence-corrected chi connectivity index (χ2v) is 7.69. The summed E-state index contributed by atoms with van der Waals surface area (Å²) in [5.74, 6) is 0.481. The van der Waals surface area contributed by atoms with Gasteiger partial charge in [-0.25, -0.2) is 0 Å². The van der Waals surface area contributed by atoms with Crippen molar-refractivity contribution in [1.82, 2.24) is 0 Å². The molecule has 1 aliphatic rings. The van der Waals surface area contributed by atoms with Crippen molar-refractivity contribution in [3.8, 4) is 0 Å². The first-order chi connectivity index (χ1) is 8.98. The van der Waals surface area contributed by atoms with Crippen molar-refractivity contribution >= 4 is 0 Å². The smallest absolute Gasteiger partial charge is 0.106 e. The first-order valence-corrected chi connectivity index (χ1v) is 7.53. The summed E-state index contributed by atoms with van der Waals surface area (Å²) < 4.78 is 0. The highest BCUT2D eigenvalue weighted by atomic mass is 16.3. The minimum atomic E-state index is -1.00. The van der Waals surface area contributed by atoms with Gasteiger partial charge < -0.3 is 10.2 Å². The average Bonchev–Trinajstić information content (AvgIpc) is 2.36. The van der Waals surface area contributed by atoms with Gasteiger partial charge in [-0.3, -0.25) is 0 Å². The predicted octanol–water partition coefficient (Wildman–Crippen LogP) is 3.70. The van der Waals surface area contributed by atoms with E-state index in [-0.39, 0.29) is 5.41 Å². The van der Waals surface area contributed by atoms with Gasteiger partial charge in [-0.2, -0.15) is 0 Å². The Morgan fingerprint density at radius 3 is 2.05 bits per heavy atom. The molecule has 1 aliphatic carbocycles. The van der Waals surface area contributed by atoms with E-state index < -0.39 is 17.1 Å². The van der Waals surface area contributed by atoms with E-state index in [1.807, 2.05) is 19.9 Å². The topological polar surface area (TPSA) is 40.5 Å². The maximum atomic E-state index is 11.4. The van der Waals surface area contributed by atoms with Crippen molar-refractivity contribution in [3.05, 3.63) is 34.9 Å². The molecule has 112 valence electrons. The van der Waals surface area contributed by atoms with E-state index in [0.717, 1.165) is 5.56 Å². The summed E-state index contributed by atoms with van der Waals surface area (Å²) in [6, 6.07) is 6.36. The fraction of sp³-hybridized carbons (Fsp3) is 0.667. The van der Waals surface area contributed by atoms with E-state index in [2.05, 4.69) is 39.8 Å². The molecule has 20 heavy (non-hydrogen) atoms. The SMILES string of the molecule is CC(C)c1ccc2c(c1)C(C)(C)[C@]2(O)C(C)(C)[C@H](C)O. The van der Waals surface area contributed by atoms with Crippen LogP contribution in [0.2, 0.25) is 0 Å². The lowest BCUT2D eigenvalue weighted by molar-refractivity contribution is -0.187. The standard InChI is InChI=1S/C18H28O2/c1-11(2)13-8-9-14-15(10-13)17(6,7)18(14,20)16(4,5)12(3)19/h8-12,19-20H,1-7H3/t12-,18+/m0/s1. The summed E-state index contributed by atoms with van der Waals surface area (Å²) in [7, 11) is 0. The highest BCUT2D eigenvalue weighted by Crippen LogP contribution is 2.63. The molecule has 2 rings (SSSR count). The number of aliphatic hydroxyl groups excluding tert-OH is 1. The third-order valence-electron chi connectivity index (χ3n) is 5.65. The minimum Gasteiger partial charge on any atom is -0.393 e. The lowest BCUT2D eigenvalue weighted by atomic mass is 9.45. The number of hydrogen-bond donors (Lipinski definition) is 2. The molecule has 0 aliphatic heterocycles. The van der Waals surface area contributed by atoms with Crippen LogP contribution in [0.4, 0.5) is 0 Å². The molecule has 2 heteroatoms. The largest absolute Gasteiger partial charge is 0.393 e. The molecule has 0 heterocycles. The third kappa shape index (κ3) is 1.64. The van der Waals surface area contributed by atoms with Crippen molar-refractivity contribution in [2.45, 2.75) is 71.5 Å². The van der Waals surface area contributed by atoms with Crippen LogP contribution in [0.1, 0.15) is 71.1 Å². The van der Waals surface area contributed by atoms with Crippen LogP contribution < -0.4 is 0 Å². The van der Waals surface area contributed by atoms with Gasteiger partial charge in [0.15, 0.2) is 0 Å². The molecule has 0 saturated carbocycles. The molecule has 0 saturated heterocycles. The monoisotopic (exact) mass is 276 g/mol. The maximum Gasteiger partial charge on any atom is 0.106 e. The molecular formula is C18H28O2. The Balaban J connectivity index is 2.60. The van der Waals surface area contributed by atoms with E-state index in [4.69, 9.17) is 0 Å². The number of fused-ring (bicyclic) bond motifs is 1. The summed E-state index contributed by atoms with van der Waals surface area (Å²) >= 11 is 0. The Bertz CT molecular complexity index is 526. The van der Waals surface area contributed by atoms with Gasteiger partial charge in [0, 0.05) is 10.8 Å². The first-order valence-electron chi connectivity index (χ1n) is 7.53. The average molecular weight is 276 g/mol. The van der Waals surface area contributed by atoms with Crippen LogP contribution in [0, 0.1) is 5.41 Å². The highest BCUT2D eigenvalue weighted by Gasteiger charge is 2.65. The summed E-state index contributed by atoms with van der Waals surface area (Å²) in [6.45, 7) is 14.2. The van der Waals surface area contributed by atoms with E-state index in [9.17, 15) is 10.2 Å². The van der Waals surface area contributed by atoms with Gasteiger partial charge in [-0.05, 0) is 29.5 Å². The van der Waals surface area contributed by atoms with Crippen molar-refractivity contribution in [3.63, 3.8) is 0 Å². The van der Waals surface area contributed by atoms with Crippen molar-refractivity contribution in [2.75, 3.05) is 0 Å². The van der Waals surface area contributed by atoms with Gasteiger partial charge in [0.25, 0.3) is 0 Å². The number of benzene rings is 1. The van der Waals surface area contributed by atoms with Crippen molar-refractivity contribution in [2.24, 2.45) is 5.41 Å². The molecule has 0 aromatic heterocycles. The van der Waals surface area contributed by atoms with Gasteiger partial charge in [-0.1, -0.05) is 59.7 Å². The maximum absolute atomic E-state index is 11.4. The quantitative estimate of drug-likeness (QED) is 0.884. The van der Waals surface area contributed by atoms with E-state index in [1.54, 1.807) is 6.92 Å². The lowest BCUT2D eigenvalue weighted by Crippen LogP contribution is -2.65. The number of hydrogen-bond acceptors (Lipinski definition) is 2. The summed E-state index contributed by atoms with van der Waals surface area (Å²) in [5, 5.41) is 21.5. The normalized spacial score (nSPS) is 26.1. The summed E-state index contributed by atoms with van der Waals surface area (Å²) in [4.78, 5) is 0. The molecule has 0 radical (unpaired) electrons. The summed E-state index contributed by atoms with van der Waals surface area (Å²) in [5.41, 5.74) is 1.53. The van der Waals surface area contributed by atoms with E-state index >= 15 is 0 Å². The minimum absolute atomic E-state index is 0.353. The molecule has 0 unspecified atom stereocenters. The fourth-order valence-corrected chi connectivity index (χ4v) is 3.68. The van der Waals surface area contributed by atoms with Crippen LogP contribution >= 0.6 is 0 Å². The molecule has 0 fully saturated rings. The Morgan fingerprint density at radius 2 is 1.60 bits per heavy atom. The molecule has 1 aromatic rings. The van der Waals surface area contributed by atoms with Gasteiger partial charge in [0.1, 0.15) is 5.60 Å². The van der Waals surface area contributed by atoms with Gasteiger partial charge in [-0.15, -0.1) is 0 Å². The zero-order valence-electron chi connectivity index (χ0n) is 13.8. The second-order valence-electron chi connectivity index (χ2n) is 7.69. The van der Waals surface area contributed by atoms with Crippen LogP contribution in [-0.2, 0) is 11.0 Å². The molecule has 2 atom stereocenters. The number of rotatable bonds is 3. The van der Waals surface area contributed by atoms with Gasteiger partial charge >= 0.3 is 0 Å². The predicted molar refractivity (Wildman–Crippen MR) is 82.9 cm³/mol. The molecule has 0 bridgehead atoms. The van der Waals surface area contributed by atoms with Crippen LogP contribution in [0.15, 0.2) is 18.2 Å². The fourth-order valence-electron chi connectivity index (χ4n) is 3.68. The Kier molecular flexibility index (Phi) is 3.35. The molecule has 2 nitrogen and oxygen atoms in total. The second kappa shape index (κ2) is 4.32. The lowest BCUT2D eigenvalue weighted by Gasteiger charge is -2.62. The molecule has 1 aromatic carbocycles. The Hall–Kier alpha value is -0.860. The molecular weight excluding hydrogens is 248 g/mol. The molecule has 0 spiro atoms. The van der Waals surface area contributed by atoms with Crippen molar-refractivity contribution in [1.29, 1.82) is 0 Å². The van der Waals surface area contributed by atoms with Crippen LogP contribution in [0.5, 0.6) is 0 Å². The van der Waals surface area contributed by atoms with E-state index in [0.29, 0.717) is 5.92 Å². The highest BCUT2D eigenvalue weighted by molar-refractivity contribution is 5.55. The molecule has 0 amide bonds. The third-order valence-corrected chi connectivity index (χ3v) is 5.65. The van der Waals surface area contributed by atoms with Crippen LogP contribution in [0.25, 0.3) is 0 Å². The van der Waals surface area contributed by atoms with Gasteiger partial charge in [0.2, 0.25) is 0 Å². The van der Waals surface area contributed by atoms with Gasteiger partial charge in [0.05, 0.1) is 6.10 Å². The van der Waals surface area contributed by atoms with Crippen LogP contribution in [-0.4, -0.2) is 16.3 Å². The van der Waals surface area contributed by atoms with E-state index in [1.165, 1.54) is 11.1 Å². The van der Waals surface area contributed by atoms with Crippen molar-refractivity contribution < 1.29 is 10.2 Å². The molecule has 2 N–H and O–H groups in total. The Labute approximate surface area is 122 Å². The number of aliphatic hydroxyl groups is 2. The zero-order valence-corrected chi connectivity index (χ0v) is 13.8. The Morgan fingerprint density at radius 1 is 1.05 bits per heavy atom. The zero-order chi connectivity index (χ0) is 15.5. The first kappa shape index (κ1) is 15.5. The summed E-state index contributed by atoms with van der Waals surface area (Å²) in [6.07, 6.45) is -0.579. The van der Waals surface area contributed by atoms with Crippen LogP contribution in [0.3, 0.4) is 0 Å².